The molecule has 2 aromatic carbocycles. The Morgan fingerprint density at radius 1 is 1.12 bits per heavy atom. The molecule has 0 aliphatic carbocycles. The van der Waals surface area contributed by atoms with Crippen molar-refractivity contribution in [2.45, 2.75) is 13.0 Å². The van der Waals surface area contributed by atoms with Gasteiger partial charge in [0.05, 0.1) is 0 Å². The lowest BCUT2D eigenvalue weighted by molar-refractivity contribution is -0.130. The molecular formula is C18H15BrFN3O3. The molecule has 3 rings (SSSR count). The van der Waals surface area contributed by atoms with E-state index in [0.29, 0.717) is 11.4 Å². The van der Waals surface area contributed by atoms with Gasteiger partial charge >= 0.3 is 6.03 Å². The predicted octanol–water partition coefficient (Wildman–Crippen LogP) is 3.38. The van der Waals surface area contributed by atoms with Gasteiger partial charge in [-0.05, 0) is 55.5 Å². The molecule has 134 valence electrons. The summed E-state index contributed by atoms with van der Waals surface area (Å²) in [5, 5.41) is 2.64. The highest BCUT2D eigenvalue weighted by atomic mass is 79.9. The van der Waals surface area contributed by atoms with Crippen LogP contribution >= 0.6 is 15.9 Å². The molecule has 4 amide bonds. The Hall–Kier alpha value is -2.74. The van der Waals surface area contributed by atoms with Gasteiger partial charge in [0, 0.05) is 15.8 Å². The third kappa shape index (κ3) is 3.60. The maximum absolute atomic E-state index is 13.1. The van der Waals surface area contributed by atoms with Gasteiger partial charge in [0.1, 0.15) is 18.4 Å². The van der Waals surface area contributed by atoms with Gasteiger partial charge in [0.25, 0.3) is 5.91 Å². The minimum absolute atomic E-state index is 0.393. The number of carbonyl (C=O) groups excluding carboxylic acids is 3. The molecule has 0 spiro atoms. The number of hydrogen-bond acceptors (Lipinski definition) is 3. The number of hydrogen-bond donors (Lipinski definition) is 1. The lowest BCUT2D eigenvalue weighted by Crippen LogP contribution is -2.39. The Balaban J connectivity index is 1.72. The van der Waals surface area contributed by atoms with Crippen molar-refractivity contribution >= 4 is 45.2 Å². The highest BCUT2D eigenvalue weighted by molar-refractivity contribution is 9.10. The van der Waals surface area contributed by atoms with Gasteiger partial charge in [0.2, 0.25) is 5.91 Å². The number of halogens is 2. The molecule has 1 saturated heterocycles. The Morgan fingerprint density at radius 2 is 1.73 bits per heavy atom. The average Bonchev–Trinajstić information content (AvgIpc) is 2.82. The van der Waals surface area contributed by atoms with Crippen LogP contribution in [-0.2, 0) is 9.59 Å². The highest BCUT2D eigenvalue weighted by Crippen LogP contribution is 2.26. The van der Waals surface area contributed by atoms with E-state index in [1.807, 2.05) is 0 Å². The first-order valence-electron chi connectivity index (χ1n) is 7.82. The normalized spacial score (nSPS) is 17.0. The summed E-state index contributed by atoms with van der Waals surface area (Å²) in [6.45, 7) is 1.17. The van der Waals surface area contributed by atoms with Crippen LogP contribution in [0.5, 0.6) is 0 Å². The smallest absolute Gasteiger partial charge is 0.325 e. The van der Waals surface area contributed by atoms with Crippen molar-refractivity contribution in [2.75, 3.05) is 16.8 Å². The number of anilines is 2. The summed E-state index contributed by atoms with van der Waals surface area (Å²) in [6.07, 6.45) is 0. The van der Waals surface area contributed by atoms with Crippen molar-refractivity contribution in [3.63, 3.8) is 0 Å². The predicted molar refractivity (Wildman–Crippen MR) is 98.2 cm³/mol. The number of carbonyl (C=O) groups is 3. The molecule has 2 aromatic rings. The third-order valence-corrected chi connectivity index (χ3v) is 4.51. The molecule has 0 aromatic heterocycles. The van der Waals surface area contributed by atoms with E-state index in [9.17, 15) is 18.8 Å². The third-order valence-electron chi connectivity index (χ3n) is 3.98. The minimum Gasteiger partial charge on any atom is -0.325 e. The van der Waals surface area contributed by atoms with E-state index in [1.54, 1.807) is 31.2 Å². The summed E-state index contributed by atoms with van der Waals surface area (Å²) in [4.78, 5) is 39.3. The molecule has 1 aliphatic rings. The molecule has 1 aliphatic heterocycles. The van der Waals surface area contributed by atoms with Crippen molar-refractivity contribution in [3.05, 3.63) is 58.8 Å². The second kappa shape index (κ2) is 7.25. The summed E-state index contributed by atoms with van der Waals surface area (Å²) in [5.41, 5.74) is 0.953. The van der Waals surface area contributed by atoms with Crippen LogP contribution in [-0.4, -0.2) is 35.3 Å². The average molecular weight is 420 g/mol. The number of nitrogens with zero attached hydrogens (tertiary/aromatic N) is 2. The van der Waals surface area contributed by atoms with Crippen molar-refractivity contribution in [1.82, 2.24) is 4.90 Å². The molecule has 0 bridgehead atoms. The van der Waals surface area contributed by atoms with Crippen LogP contribution in [0, 0.1) is 5.82 Å². The van der Waals surface area contributed by atoms with Gasteiger partial charge in [-0.15, -0.1) is 0 Å². The number of amides is 4. The van der Waals surface area contributed by atoms with E-state index in [-0.39, 0.29) is 0 Å². The SMILES string of the molecule is C[C@@H]1C(=O)N(CC(=O)Nc2ccc(Br)cc2)C(=O)N1c1ccc(F)cc1. The number of rotatable bonds is 4. The van der Waals surface area contributed by atoms with Gasteiger partial charge in [0.15, 0.2) is 0 Å². The Morgan fingerprint density at radius 3 is 2.35 bits per heavy atom. The molecule has 1 heterocycles. The van der Waals surface area contributed by atoms with Crippen molar-refractivity contribution < 1.29 is 18.8 Å². The van der Waals surface area contributed by atoms with Crippen LogP contribution in [0.4, 0.5) is 20.6 Å². The van der Waals surface area contributed by atoms with E-state index in [1.165, 1.54) is 29.2 Å². The zero-order valence-corrected chi connectivity index (χ0v) is 15.4. The van der Waals surface area contributed by atoms with E-state index < -0.39 is 36.2 Å². The van der Waals surface area contributed by atoms with Crippen LogP contribution in [0.15, 0.2) is 53.0 Å². The number of imide groups is 1. The van der Waals surface area contributed by atoms with Crippen molar-refractivity contribution in [3.8, 4) is 0 Å². The standard InChI is InChI=1S/C18H15BrFN3O3/c1-11-17(25)22(10-16(24)21-14-6-2-12(19)3-7-14)18(26)23(11)15-8-4-13(20)5-9-15/h2-9,11H,10H2,1H3,(H,21,24)/t11-/m1/s1. The zero-order valence-electron chi connectivity index (χ0n) is 13.8. The van der Waals surface area contributed by atoms with Gasteiger partial charge in [-0.2, -0.15) is 0 Å². The molecule has 0 saturated carbocycles. The number of nitrogens with one attached hydrogen (secondary N) is 1. The first kappa shape index (κ1) is 18.1. The van der Waals surface area contributed by atoms with Gasteiger partial charge < -0.3 is 5.32 Å². The Labute approximate surface area is 157 Å². The largest absolute Gasteiger partial charge is 0.332 e. The number of benzene rings is 2. The van der Waals surface area contributed by atoms with Crippen LogP contribution in [0.2, 0.25) is 0 Å². The van der Waals surface area contributed by atoms with Crippen molar-refractivity contribution in [1.29, 1.82) is 0 Å². The monoisotopic (exact) mass is 419 g/mol. The van der Waals surface area contributed by atoms with Gasteiger partial charge in [-0.1, -0.05) is 15.9 Å². The molecule has 0 unspecified atom stereocenters. The first-order chi connectivity index (χ1) is 12.4. The second-order valence-electron chi connectivity index (χ2n) is 5.78. The fourth-order valence-corrected chi connectivity index (χ4v) is 2.95. The van der Waals surface area contributed by atoms with Crippen LogP contribution in [0.1, 0.15) is 6.92 Å². The van der Waals surface area contributed by atoms with Crippen molar-refractivity contribution in [2.24, 2.45) is 0 Å². The summed E-state index contributed by atoms with van der Waals surface area (Å²) in [5.74, 6) is -1.41. The van der Waals surface area contributed by atoms with Gasteiger partial charge in [-0.25, -0.2) is 9.18 Å². The maximum atomic E-state index is 13.1. The lowest BCUT2D eigenvalue weighted by Gasteiger charge is -2.19. The minimum atomic E-state index is -0.770. The molecule has 1 atom stereocenters. The topological polar surface area (TPSA) is 69.7 Å². The van der Waals surface area contributed by atoms with Crippen LogP contribution in [0.25, 0.3) is 0 Å². The molecule has 8 heteroatoms. The summed E-state index contributed by atoms with van der Waals surface area (Å²) >= 11 is 3.30. The molecule has 1 fully saturated rings. The van der Waals surface area contributed by atoms with Crippen LogP contribution < -0.4 is 10.2 Å². The fourth-order valence-electron chi connectivity index (χ4n) is 2.68. The fraction of sp³-hybridized carbons (Fsp3) is 0.167. The van der Waals surface area contributed by atoms with E-state index in [4.69, 9.17) is 0 Å². The quantitative estimate of drug-likeness (QED) is 0.772. The Bertz CT molecular complexity index is 855. The second-order valence-corrected chi connectivity index (χ2v) is 6.70. The van der Waals surface area contributed by atoms with E-state index >= 15 is 0 Å². The molecule has 1 N–H and O–H groups in total. The van der Waals surface area contributed by atoms with Gasteiger partial charge in [-0.3, -0.25) is 19.4 Å². The molecule has 6 nitrogen and oxygen atoms in total. The lowest BCUT2D eigenvalue weighted by atomic mass is 10.2. The molecular weight excluding hydrogens is 405 g/mol. The van der Waals surface area contributed by atoms with E-state index in [2.05, 4.69) is 21.2 Å². The summed E-state index contributed by atoms with van der Waals surface area (Å²) in [6, 6.07) is 10.8. The summed E-state index contributed by atoms with van der Waals surface area (Å²) in [7, 11) is 0. The number of urea groups is 1. The van der Waals surface area contributed by atoms with E-state index in [0.717, 1.165) is 9.37 Å². The maximum Gasteiger partial charge on any atom is 0.332 e. The Kier molecular flexibility index (Phi) is 5.03. The molecule has 0 radical (unpaired) electrons. The molecule has 26 heavy (non-hydrogen) atoms. The first-order valence-corrected chi connectivity index (χ1v) is 8.61. The summed E-state index contributed by atoms with van der Waals surface area (Å²) < 4.78 is 14.0. The zero-order chi connectivity index (χ0) is 18.8. The highest BCUT2D eigenvalue weighted by Gasteiger charge is 2.44. The van der Waals surface area contributed by atoms with Crippen LogP contribution in [0.3, 0.4) is 0 Å².